The van der Waals surface area contributed by atoms with Crippen LogP contribution in [-0.2, 0) is 26.2 Å². The second-order valence-corrected chi connectivity index (χ2v) is 11.1. The van der Waals surface area contributed by atoms with Crippen molar-refractivity contribution in [1.29, 1.82) is 0 Å². The fourth-order valence-corrected chi connectivity index (χ4v) is 4.87. The van der Waals surface area contributed by atoms with Gasteiger partial charge in [0.05, 0.1) is 11.9 Å². The number of hydrogen-bond acceptors (Lipinski definition) is 4. The van der Waals surface area contributed by atoms with E-state index in [9.17, 15) is 18.0 Å². The van der Waals surface area contributed by atoms with Crippen molar-refractivity contribution < 1.29 is 18.0 Å². The highest BCUT2D eigenvalue weighted by atomic mass is 35.5. The first kappa shape index (κ1) is 28.9. The molecule has 35 heavy (non-hydrogen) atoms. The van der Waals surface area contributed by atoms with Crippen LogP contribution < -0.4 is 9.62 Å². The minimum absolute atomic E-state index is 0.127. The van der Waals surface area contributed by atoms with E-state index in [2.05, 4.69) is 5.32 Å². The van der Waals surface area contributed by atoms with Crippen molar-refractivity contribution in [2.75, 3.05) is 23.7 Å². The third-order valence-corrected chi connectivity index (χ3v) is 7.46. The first-order chi connectivity index (χ1) is 16.5. The van der Waals surface area contributed by atoms with Gasteiger partial charge in [-0.3, -0.25) is 13.9 Å². The third kappa shape index (κ3) is 8.12. The zero-order chi connectivity index (χ0) is 26.2. The van der Waals surface area contributed by atoms with Gasteiger partial charge in [-0.1, -0.05) is 61.7 Å². The number of benzene rings is 2. The van der Waals surface area contributed by atoms with Gasteiger partial charge < -0.3 is 10.2 Å². The van der Waals surface area contributed by atoms with Gasteiger partial charge in [0.2, 0.25) is 21.8 Å². The van der Waals surface area contributed by atoms with Crippen molar-refractivity contribution in [3.63, 3.8) is 0 Å². The van der Waals surface area contributed by atoms with E-state index in [0.717, 1.165) is 29.0 Å². The number of carbonyl (C=O) groups is 2. The molecule has 1 atom stereocenters. The van der Waals surface area contributed by atoms with E-state index in [4.69, 9.17) is 23.2 Å². The molecule has 0 aromatic heterocycles. The zero-order valence-corrected chi connectivity index (χ0v) is 22.9. The Morgan fingerprint density at radius 2 is 1.71 bits per heavy atom. The van der Waals surface area contributed by atoms with Gasteiger partial charge in [-0.25, -0.2) is 8.42 Å². The van der Waals surface area contributed by atoms with Gasteiger partial charge in [0.1, 0.15) is 12.6 Å². The maximum Gasteiger partial charge on any atom is 0.244 e. The number of anilines is 1. The predicted molar refractivity (Wildman–Crippen MR) is 142 cm³/mol. The molecule has 10 heteroatoms. The number of carbonyl (C=O) groups excluding carboxylic acids is 2. The average Bonchev–Trinajstić information content (AvgIpc) is 2.80. The maximum atomic E-state index is 13.7. The molecule has 0 heterocycles. The zero-order valence-electron chi connectivity index (χ0n) is 20.6. The summed E-state index contributed by atoms with van der Waals surface area (Å²) >= 11 is 12.2. The second-order valence-electron chi connectivity index (χ2n) is 8.37. The van der Waals surface area contributed by atoms with Crippen molar-refractivity contribution in [3.8, 4) is 0 Å². The number of rotatable bonds is 12. The van der Waals surface area contributed by atoms with Crippen LogP contribution in [0.25, 0.3) is 0 Å². The van der Waals surface area contributed by atoms with Crippen LogP contribution in [0.2, 0.25) is 10.0 Å². The Labute approximate surface area is 218 Å². The highest BCUT2D eigenvalue weighted by Gasteiger charge is 2.32. The van der Waals surface area contributed by atoms with Crippen molar-refractivity contribution >= 4 is 50.7 Å². The molecule has 0 saturated heterocycles. The standard InChI is InChI=1S/C25H33Cl2N3O4S/c1-5-7-15-28-25(32)22(6-2)29(16-19-11-13-20(26)14-12-19)24(31)17-30(35(4,33)34)23-10-8-9-21(27)18(23)3/h8-14,22H,5-7,15-17H2,1-4H3,(H,28,32). The van der Waals surface area contributed by atoms with Crippen LogP contribution in [0.1, 0.15) is 44.2 Å². The monoisotopic (exact) mass is 541 g/mol. The van der Waals surface area contributed by atoms with Crippen LogP contribution in [0.4, 0.5) is 5.69 Å². The molecule has 0 aliphatic carbocycles. The van der Waals surface area contributed by atoms with Crippen LogP contribution in [0.5, 0.6) is 0 Å². The Morgan fingerprint density at radius 1 is 1.06 bits per heavy atom. The lowest BCUT2D eigenvalue weighted by Crippen LogP contribution is -2.52. The Hall–Kier alpha value is -2.29. The molecular weight excluding hydrogens is 509 g/mol. The van der Waals surface area contributed by atoms with Crippen LogP contribution in [0, 0.1) is 6.92 Å². The van der Waals surface area contributed by atoms with Crippen molar-refractivity contribution in [3.05, 3.63) is 63.6 Å². The Balaban J connectivity index is 2.43. The quantitative estimate of drug-likeness (QED) is 0.391. The van der Waals surface area contributed by atoms with Crippen LogP contribution in [0.3, 0.4) is 0 Å². The Kier molecular flexibility index (Phi) is 10.9. The summed E-state index contributed by atoms with van der Waals surface area (Å²) < 4.78 is 26.5. The minimum Gasteiger partial charge on any atom is -0.354 e. The van der Waals surface area contributed by atoms with E-state index in [1.165, 1.54) is 4.90 Å². The summed E-state index contributed by atoms with van der Waals surface area (Å²) in [7, 11) is -3.83. The van der Waals surface area contributed by atoms with E-state index < -0.39 is 28.5 Å². The van der Waals surface area contributed by atoms with Gasteiger partial charge in [-0.05, 0) is 55.2 Å². The molecule has 0 aliphatic heterocycles. The summed E-state index contributed by atoms with van der Waals surface area (Å²) in [4.78, 5) is 28.1. The normalized spacial score (nSPS) is 12.2. The lowest BCUT2D eigenvalue weighted by molar-refractivity contribution is -0.140. The number of halogens is 2. The topological polar surface area (TPSA) is 86.8 Å². The molecule has 7 nitrogen and oxygen atoms in total. The molecule has 0 saturated carbocycles. The SMILES string of the molecule is CCCCNC(=O)C(CC)N(Cc1ccc(Cl)cc1)C(=O)CN(c1cccc(Cl)c1C)S(C)(=O)=O. The fraction of sp³-hybridized carbons (Fsp3) is 0.440. The smallest absolute Gasteiger partial charge is 0.244 e. The van der Waals surface area contributed by atoms with Gasteiger partial charge in [0.25, 0.3) is 0 Å². The minimum atomic E-state index is -3.83. The highest BCUT2D eigenvalue weighted by Crippen LogP contribution is 2.28. The highest BCUT2D eigenvalue weighted by molar-refractivity contribution is 7.92. The first-order valence-corrected chi connectivity index (χ1v) is 14.1. The molecule has 1 unspecified atom stereocenters. The first-order valence-electron chi connectivity index (χ1n) is 11.5. The fourth-order valence-electron chi connectivity index (χ4n) is 3.67. The van der Waals surface area contributed by atoms with Gasteiger partial charge in [0.15, 0.2) is 0 Å². The van der Waals surface area contributed by atoms with E-state index in [1.807, 2.05) is 13.8 Å². The van der Waals surface area contributed by atoms with Crippen molar-refractivity contribution in [1.82, 2.24) is 10.2 Å². The van der Waals surface area contributed by atoms with Gasteiger partial charge >= 0.3 is 0 Å². The molecule has 0 spiro atoms. The Bertz CT molecular complexity index is 1120. The third-order valence-electron chi connectivity index (χ3n) is 5.67. The molecule has 1 N–H and O–H groups in total. The van der Waals surface area contributed by atoms with Gasteiger partial charge in [-0.15, -0.1) is 0 Å². The number of sulfonamides is 1. The molecule has 2 rings (SSSR count). The molecule has 2 aromatic rings. The van der Waals surface area contributed by atoms with Crippen LogP contribution in [0.15, 0.2) is 42.5 Å². The van der Waals surface area contributed by atoms with Crippen molar-refractivity contribution in [2.24, 2.45) is 0 Å². The average molecular weight is 543 g/mol. The van der Waals surface area contributed by atoms with Gasteiger partial charge in [0, 0.05) is 23.1 Å². The Morgan fingerprint density at radius 3 is 2.29 bits per heavy atom. The number of amides is 2. The summed E-state index contributed by atoms with van der Waals surface area (Å²) in [6.07, 6.45) is 3.15. The summed E-state index contributed by atoms with van der Waals surface area (Å²) in [5.41, 5.74) is 1.63. The molecule has 2 amide bonds. The van der Waals surface area contributed by atoms with Gasteiger partial charge in [-0.2, -0.15) is 0 Å². The molecule has 0 bridgehead atoms. The van der Waals surface area contributed by atoms with E-state index in [0.29, 0.717) is 34.3 Å². The summed E-state index contributed by atoms with van der Waals surface area (Å²) in [6.45, 7) is 5.71. The predicted octanol–water partition coefficient (Wildman–Crippen LogP) is 4.79. The summed E-state index contributed by atoms with van der Waals surface area (Å²) in [6, 6.07) is 11.1. The van der Waals surface area contributed by atoms with E-state index in [1.54, 1.807) is 49.4 Å². The summed E-state index contributed by atoms with van der Waals surface area (Å²) in [5, 5.41) is 3.84. The summed E-state index contributed by atoms with van der Waals surface area (Å²) in [5.74, 6) is -0.768. The lowest BCUT2D eigenvalue weighted by atomic mass is 10.1. The van der Waals surface area contributed by atoms with Crippen LogP contribution in [-0.4, -0.2) is 50.5 Å². The molecule has 2 aromatic carbocycles. The molecule has 0 fully saturated rings. The van der Waals surface area contributed by atoms with E-state index >= 15 is 0 Å². The molecule has 192 valence electrons. The number of unbranched alkanes of at least 4 members (excludes halogenated alkanes) is 1. The van der Waals surface area contributed by atoms with Crippen LogP contribution >= 0.6 is 23.2 Å². The lowest BCUT2D eigenvalue weighted by Gasteiger charge is -2.33. The number of nitrogens with zero attached hydrogens (tertiary/aromatic N) is 2. The van der Waals surface area contributed by atoms with Crippen molar-refractivity contribution in [2.45, 2.75) is 52.6 Å². The second kappa shape index (κ2) is 13.1. The largest absolute Gasteiger partial charge is 0.354 e. The number of nitrogens with one attached hydrogen (secondary N) is 1. The maximum absolute atomic E-state index is 13.7. The van der Waals surface area contributed by atoms with E-state index in [-0.39, 0.29) is 12.5 Å². The molecular formula is C25H33Cl2N3O4S. The molecule has 0 aliphatic rings. The molecule has 0 radical (unpaired) electrons. The number of hydrogen-bond donors (Lipinski definition) is 1.